The third-order valence-electron chi connectivity index (χ3n) is 10.5. The molecule has 0 spiro atoms. The summed E-state index contributed by atoms with van der Waals surface area (Å²) in [6.07, 6.45) is 7.90. The Morgan fingerprint density at radius 2 is 1.59 bits per heavy atom. The van der Waals surface area contributed by atoms with E-state index in [4.69, 9.17) is 9.47 Å². The Morgan fingerprint density at radius 1 is 0.891 bits per heavy atom. The third-order valence-corrected chi connectivity index (χ3v) is 10.5. The third kappa shape index (κ3) is 7.10. The molecule has 3 heterocycles. The van der Waals surface area contributed by atoms with Gasteiger partial charge in [0.2, 0.25) is 11.8 Å². The van der Waals surface area contributed by atoms with Gasteiger partial charge in [-0.1, -0.05) is 56.4 Å². The molecule has 3 N–H and O–H groups in total. The van der Waals surface area contributed by atoms with Gasteiger partial charge in [-0.25, -0.2) is 14.4 Å². The molecule has 0 unspecified atom stereocenters. The Morgan fingerprint density at radius 3 is 2.35 bits per heavy atom. The highest BCUT2D eigenvalue weighted by atomic mass is 16.6. The molecule has 46 heavy (non-hydrogen) atoms. The number of carboxylic acid groups (broad SMARTS) is 1. The van der Waals surface area contributed by atoms with Gasteiger partial charge in [-0.3, -0.25) is 9.59 Å². The first kappa shape index (κ1) is 32.1. The normalized spacial score (nSPS) is 30.5. The van der Waals surface area contributed by atoms with E-state index in [9.17, 15) is 29.1 Å². The molecule has 0 radical (unpaired) electrons. The van der Waals surface area contributed by atoms with Crippen LogP contribution < -0.4 is 10.6 Å². The lowest BCUT2D eigenvalue weighted by Crippen LogP contribution is -2.56. The van der Waals surface area contributed by atoms with Gasteiger partial charge in [0.25, 0.3) is 0 Å². The molecule has 1 aromatic rings. The predicted octanol–water partition coefficient (Wildman–Crippen LogP) is 3.89. The number of nitrogens with zero attached hydrogens (tertiary/aromatic N) is 2. The lowest BCUT2D eigenvalue weighted by atomic mass is 10.0. The number of carboxylic acids is 1. The second kappa shape index (κ2) is 13.9. The average molecular weight is 639 g/mol. The molecule has 0 aromatic heterocycles. The van der Waals surface area contributed by atoms with Crippen LogP contribution in [0.4, 0.5) is 9.59 Å². The van der Waals surface area contributed by atoms with E-state index in [1.165, 1.54) is 10.5 Å². The summed E-state index contributed by atoms with van der Waals surface area (Å²) in [4.78, 5) is 69.6. The van der Waals surface area contributed by atoms with Gasteiger partial charge in [-0.2, -0.15) is 0 Å². The van der Waals surface area contributed by atoms with Crippen LogP contribution in [0.15, 0.2) is 24.3 Å². The minimum Gasteiger partial charge on any atom is -0.479 e. The maximum Gasteiger partial charge on any atom is 0.410 e. The summed E-state index contributed by atoms with van der Waals surface area (Å²) in [7, 11) is 0. The Kier molecular flexibility index (Phi) is 9.70. The fraction of sp³-hybridized carbons (Fsp3) is 0.676. The summed E-state index contributed by atoms with van der Waals surface area (Å²) in [5, 5.41) is 15.7. The molecular weight excluding hydrogens is 592 g/mol. The van der Waals surface area contributed by atoms with Crippen molar-refractivity contribution < 1.29 is 38.6 Å². The predicted molar refractivity (Wildman–Crippen MR) is 166 cm³/mol. The van der Waals surface area contributed by atoms with E-state index in [-0.39, 0.29) is 25.0 Å². The minimum atomic E-state index is -1.36. The number of amides is 4. The van der Waals surface area contributed by atoms with Crippen LogP contribution in [0, 0.1) is 5.92 Å². The van der Waals surface area contributed by atoms with Crippen LogP contribution >= 0.6 is 0 Å². The molecule has 0 bridgehead atoms. The fourth-order valence-electron chi connectivity index (χ4n) is 7.75. The van der Waals surface area contributed by atoms with Gasteiger partial charge >= 0.3 is 18.2 Å². The van der Waals surface area contributed by atoms with Gasteiger partial charge in [-0.05, 0) is 68.4 Å². The van der Waals surface area contributed by atoms with Gasteiger partial charge in [0.05, 0.1) is 6.54 Å². The highest BCUT2D eigenvalue weighted by Gasteiger charge is 2.62. The maximum atomic E-state index is 14.2. The van der Waals surface area contributed by atoms with E-state index in [1.807, 2.05) is 24.3 Å². The summed E-state index contributed by atoms with van der Waals surface area (Å²) in [5.74, 6) is -2.28. The van der Waals surface area contributed by atoms with E-state index in [1.54, 1.807) is 4.90 Å². The average Bonchev–Trinajstić information content (AvgIpc) is 3.32. The number of benzene rings is 1. The molecule has 5 atom stereocenters. The van der Waals surface area contributed by atoms with Crippen LogP contribution in [0.3, 0.4) is 0 Å². The smallest absolute Gasteiger partial charge is 0.410 e. The van der Waals surface area contributed by atoms with E-state index in [2.05, 4.69) is 10.6 Å². The summed E-state index contributed by atoms with van der Waals surface area (Å²) >= 11 is 0. The van der Waals surface area contributed by atoms with E-state index < -0.39 is 53.7 Å². The quantitative estimate of drug-likeness (QED) is 0.449. The number of hydrogen-bond donors (Lipinski definition) is 3. The first-order valence-electron chi connectivity index (χ1n) is 17.1. The number of aliphatic carboxylic acids is 1. The van der Waals surface area contributed by atoms with Crippen molar-refractivity contribution in [1.29, 1.82) is 0 Å². The van der Waals surface area contributed by atoms with Crippen LogP contribution in [0.2, 0.25) is 0 Å². The number of ether oxygens (including phenoxy) is 2. The Balaban J connectivity index is 1.20. The summed E-state index contributed by atoms with van der Waals surface area (Å²) in [5.41, 5.74) is 0.886. The molecule has 4 fully saturated rings. The van der Waals surface area contributed by atoms with Crippen molar-refractivity contribution in [3.05, 3.63) is 35.4 Å². The zero-order valence-corrected chi connectivity index (χ0v) is 26.4. The highest BCUT2D eigenvalue weighted by molar-refractivity contribution is 5.96. The molecule has 4 amide bonds. The minimum absolute atomic E-state index is 0.0351. The van der Waals surface area contributed by atoms with Crippen molar-refractivity contribution in [3.8, 4) is 0 Å². The molecule has 12 nitrogen and oxygen atoms in total. The number of hydrogen-bond acceptors (Lipinski definition) is 7. The van der Waals surface area contributed by atoms with Crippen molar-refractivity contribution in [1.82, 2.24) is 20.4 Å². The van der Waals surface area contributed by atoms with Gasteiger partial charge in [0.1, 0.15) is 29.8 Å². The van der Waals surface area contributed by atoms with E-state index >= 15 is 0 Å². The first-order valence-corrected chi connectivity index (χ1v) is 17.1. The SMILES string of the molecule is O=C(N[C@H]1CCCCCCC[C@@H]2C[C@@]2(C(=O)O)NC(=O)[C@@H]2C[C@@H](OC(=O)N3CCc4ccccc4C3)CN2C1=O)OC1CCCC1. The topological polar surface area (TPSA) is 155 Å². The van der Waals surface area contributed by atoms with Crippen LogP contribution in [0.5, 0.6) is 0 Å². The number of alkyl carbamates (subject to hydrolysis) is 1. The van der Waals surface area contributed by atoms with Crippen LogP contribution in [0.25, 0.3) is 0 Å². The van der Waals surface area contributed by atoms with Crippen molar-refractivity contribution >= 4 is 30.0 Å². The van der Waals surface area contributed by atoms with Crippen molar-refractivity contribution in [2.75, 3.05) is 13.1 Å². The largest absolute Gasteiger partial charge is 0.479 e. The first-order chi connectivity index (χ1) is 22.2. The molecule has 6 rings (SSSR count). The molecule has 1 aromatic carbocycles. The van der Waals surface area contributed by atoms with Crippen molar-refractivity contribution in [2.24, 2.45) is 5.92 Å². The molecule has 2 saturated carbocycles. The summed E-state index contributed by atoms with van der Waals surface area (Å²) in [6.45, 7) is 0.866. The Hall–Kier alpha value is -3.83. The van der Waals surface area contributed by atoms with Crippen molar-refractivity contribution in [2.45, 2.75) is 126 Å². The number of fused-ring (bicyclic) bond motifs is 3. The zero-order valence-electron chi connectivity index (χ0n) is 26.4. The summed E-state index contributed by atoms with van der Waals surface area (Å²) < 4.78 is 11.5. The Bertz CT molecular complexity index is 1330. The standard InChI is InChI=1S/C34H46N4O8/c39-29-28-18-26(46-33(44)37-17-16-22-10-6-7-11-23(22)20-37)21-38(28)30(40)27(35-32(43)45-25-13-8-9-14-25)15-5-3-1-2-4-12-24-19-34(24,36-29)31(41)42/h6-7,10-11,24-28H,1-5,8-9,12-21H2,(H,35,43)(H,36,39)(H,41,42)/t24-,26-,27+,28+,34-/m1/s1. The lowest BCUT2D eigenvalue weighted by Gasteiger charge is -2.30. The number of carbonyl (C=O) groups is 5. The van der Waals surface area contributed by atoms with Crippen LogP contribution in [0.1, 0.15) is 94.6 Å². The molecule has 3 aliphatic heterocycles. The molecule has 12 heteroatoms. The van der Waals surface area contributed by atoms with Crippen LogP contribution in [-0.2, 0) is 36.8 Å². The van der Waals surface area contributed by atoms with Crippen molar-refractivity contribution in [3.63, 3.8) is 0 Å². The number of nitrogens with one attached hydrogen (secondary N) is 2. The molecule has 250 valence electrons. The summed E-state index contributed by atoms with van der Waals surface area (Å²) in [6, 6.07) is 5.96. The molecule has 2 aliphatic carbocycles. The second-order valence-corrected chi connectivity index (χ2v) is 13.7. The molecule has 5 aliphatic rings. The fourth-order valence-corrected chi connectivity index (χ4v) is 7.75. The van der Waals surface area contributed by atoms with Gasteiger partial charge < -0.3 is 35.0 Å². The van der Waals surface area contributed by atoms with Gasteiger partial charge in [0, 0.05) is 19.5 Å². The highest BCUT2D eigenvalue weighted by Crippen LogP contribution is 2.47. The second-order valence-electron chi connectivity index (χ2n) is 13.7. The molecule has 2 saturated heterocycles. The monoisotopic (exact) mass is 638 g/mol. The van der Waals surface area contributed by atoms with E-state index in [0.29, 0.717) is 45.2 Å². The zero-order chi connectivity index (χ0) is 32.3. The maximum absolute atomic E-state index is 14.2. The number of carbonyl (C=O) groups excluding carboxylic acids is 4. The van der Waals surface area contributed by atoms with Gasteiger partial charge in [0.15, 0.2) is 0 Å². The van der Waals surface area contributed by atoms with E-state index in [0.717, 1.165) is 56.9 Å². The van der Waals surface area contributed by atoms with Gasteiger partial charge in [-0.15, -0.1) is 0 Å². The lowest BCUT2D eigenvalue weighted by molar-refractivity contribution is -0.146. The number of rotatable bonds is 4. The molecular formula is C34H46N4O8. The van der Waals surface area contributed by atoms with Crippen LogP contribution in [-0.4, -0.2) is 87.8 Å². The Labute approximate surface area is 269 Å².